The van der Waals surface area contributed by atoms with E-state index in [0.29, 0.717) is 19.4 Å². The molecule has 0 radical (unpaired) electrons. The van der Waals surface area contributed by atoms with E-state index in [4.69, 9.17) is 4.74 Å². The summed E-state index contributed by atoms with van der Waals surface area (Å²) in [6, 6.07) is -0.640. The van der Waals surface area contributed by atoms with Gasteiger partial charge in [0.2, 0.25) is 5.91 Å². The number of ether oxygens (including phenoxy) is 1. The number of carbonyl (C=O) groups is 2. The summed E-state index contributed by atoms with van der Waals surface area (Å²) in [7, 11) is 0. The zero-order chi connectivity index (χ0) is 45.1. The van der Waals surface area contributed by atoms with Crippen LogP contribution in [-0.4, -0.2) is 47.4 Å². The lowest BCUT2D eigenvalue weighted by molar-refractivity contribution is -0.143. The normalized spacial score (nSPS) is 13.0. The third kappa shape index (κ3) is 47.3. The molecular formula is C56H103NO5. The Hall–Kier alpha value is -2.18. The van der Waals surface area contributed by atoms with Crippen molar-refractivity contribution < 1.29 is 24.5 Å². The lowest BCUT2D eigenvalue weighted by Crippen LogP contribution is -2.45. The van der Waals surface area contributed by atoms with E-state index >= 15 is 0 Å². The van der Waals surface area contributed by atoms with E-state index in [1.165, 1.54) is 167 Å². The standard InChI is InChI=1S/C56H103NO5/c1-3-5-7-9-11-13-15-17-18-19-22-26-30-34-38-42-46-50-56(61)62-51-47-43-39-35-31-27-23-20-21-25-29-33-37-41-45-49-55(60)57-53(52-58)54(59)48-44-40-36-32-28-24-16-14-12-10-8-6-4-2/h11,13,17-18,23,27,44,48,53-54,58-59H,3-10,12,14-16,19-22,24-26,28-43,45-47,49-52H2,1-2H3,(H,57,60)/b13-11-,18-17-,27-23-,48-44+. The Morgan fingerprint density at radius 1 is 0.452 bits per heavy atom. The Balaban J connectivity index is 3.50. The first-order valence-corrected chi connectivity index (χ1v) is 26.9. The van der Waals surface area contributed by atoms with Gasteiger partial charge in [-0.15, -0.1) is 0 Å². The molecule has 0 aliphatic rings. The van der Waals surface area contributed by atoms with Crippen LogP contribution < -0.4 is 5.32 Å². The zero-order valence-corrected chi connectivity index (χ0v) is 41.1. The maximum Gasteiger partial charge on any atom is 0.305 e. The van der Waals surface area contributed by atoms with Crippen LogP contribution in [0.1, 0.15) is 271 Å². The van der Waals surface area contributed by atoms with E-state index < -0.39 is 12.1 Å². The van der Waals surface area contributed by atoms with Crippen LogP contribution in [0.4, 0.5) is 0 Å². The number of amides is 1. The van der Waals surface area contributed by atoms with Crippen molar-refractivity contribution in [1.29, 1.82) is 0 Å². The smallest absolute Gasteiger partial charge is 0.305 e. The van der Waals surface area contributed by atoms with Gasteiger partial charge in [0.25, 0.3) is 0 Å². The fourth-order valence-electron chi connectivity index (χ4n) is 7.89. The zero-order valence-electron chi connectivity index (χ0n) is 41.1. The second-order valence-electron chi connectivity index (χ2n) is 18.2. The van der Waals surface area contributed by atoms with Gasteiger partial charge >= 0.3 is 5.97 Å². The Labute approximate surface area is 385 Å². The molecule has 0 bridgehead atoms. The number of allylic oxidation sites excluding steroid dienone is 7. The lowest BCUT2D eigenvalue weighted by Gasteiger charge is -2.20. The number of hydrogen-bond acceptors (Lipinski definition) is 5. The number of nitrogens with one attached hydrogen (secondary N) is 1. The van der Waals surface area contributed by atoms with Crippen molar-refractivity contribution in [2.75, 3.05) is 13.2 Å². The minimum absolute atomic E-state index is 0.0198. The van der Waals surface area contributed by atoms with Crippen molar-refractivity contribution >= 4 is 11.9 Å². The van der Waals surface area contributed by atoms with Gasteiger partial charge in [0.15, 0.2) is 0 Å². The highest BCUT2D eigenvalue weighted by Crippen LogP contribution is 2.15. The molecule has 2 atom stereocenters. The van der Waals surface area contributed by atoms with E-state index in [-0.39, 0.29) is 18.5 Å². The molecule has 3 N–H and O–H groups in total. The summed E-state index contributed by atoms with van der Waals surface area (Å²) >= 11 is 0. The van der Waals surface area contributed by atoms with Gasteiger partial charge in [-0.25, -0.2) is 0 Å². The molecule has 0 saturated carbocycles. The third-order valence-corrected chi connectivity index (χ3v) is 12.1. The van der Waals surface area contributed by atoms with Crippen LogP contribution in [-0.2, 0) is 14.3 Å². The molecule has 0 aromatic heterocycles. The highest BCUT2D eigenvalue weighted by atomic mass is 16.5. The van der Waals surface area contributed by atoms with Gasteiger partial charge in [-0.1, -0.05) is 217 Å². The molecule has 0 heterocycles. The topological polar surface area (TPSA) is 95.9 Å². The van der Waals surface area contributed by atoms with Gasteiger partial charge in [-0.2, -0.15) is 0 Å². The Morgan fingerprint density at radius 2 is 0.806 bits per heavy atom. The molecule has 0 aromatic carbocycles. The number of esters is 1. The molecule has 362 valence electrons. The SMILES string of the molecule is CCCCC/C=C\C/C=C\CCCCCCCCCC(=O)OCCCCCC/C=C\CCCCCCCCCC(=O)NC(CO)C(O)/C=C/CCCCCCCCCCCCC. The van der Waals surface area contributed by atoms with E-state index in [0.717, 1.165) is 77.0 Å². The second kappa shape index (κ2) is 51.5. The number of unbranched alkanes of at least 4 members (excludes halogenated alkanes) is 32. The number of hydrogen-bond donors (Lipinski definition) is 3. The predicted octanol–water partition coefficient (Wildman–Crippen LogP) is 16.2. The minimum Gasteiger partial charge on any atom is -0.466 e. The molecule has 6 heteroatoms. The largest absolute Gasteiger partial charge is 0.466 e. The molecule has 0 aliphatic carbocycles. The summed E-state index contributed by atoms with van der Waals surface area (Å²) in [5.41, 5.74) is 0. The van der Waals surface area contributed by atoms with Crippen LogP contribution >= 0.6 is 0 Å². The van der Waals surface area contributed by atoms with Crippen LogP contribution in [0, 0.1) is 0 Å². The highest BCUT2D eigenvalue weighted by molar-refractivity contribution is 5.76. The number of aliphatic hydroxyl groups is 2. The van der Waals surface area contributed by atoms with Crippen LogP contribution in [0.5, 0.6) is 0 Å². The summed E-state index contributed by atoms with van der Waals surface area (Å²) in [5, 5.41) is 23.0. The summed E-state index contributed by atoms with van der Waals surface area (Å²) in [5.74, 6) is -0.105. The van der Waals surface area contributed by atoms with E-state index in [9.17, 15) is 19.8 Å². The maximum atomic E-state index is 12.4. The first-order chi connectivity index (χ1) is 30.5. The lowest BCUT2D eigenvalue weighted by atomic mass is 10.0. The van der Waals surface area contributed by atoms with E-state index in [1.54, 1.807) is 6.08 Å². The Morgan fingerprint density at radius 3 is 1.27 bits per heavy atom. The average molecular weight is 870 g/mol. The van der Waals surface area contributed by atoms with Gasteiger partial charge < -0.3 is 20.3 Å². The number of aliphatic hydroxyl groups excluding tert-OH is 2. The molecule has 0 spiro atoms. The molecule has 0 aromatic rings. The third-order valence-electron chi connectivity index (χ3n) is 12.1. The first-order valence-electron chi connectivity index (χ1n) is 26.9. The molecule has 1 amide bonds. The molecule has 2 unspecified atom stereocenters. The van der Waals surface area contributed by atoms with Crippen molar-refractivity contribution in [2.45, 2.75) is 283 Å². The molecule has 0 fully saturated rings. The van der Waals surface area contributed by atoms with Crippen molar-refractivity contribution in [3.05, 3.63) is 48.6 Å². The van der Waals surface area contributed by atoms with Crippen molar-refractivity contribution in [3.63, 3.8) is 0 Å². The molecule has 0 aliphatic heterocycles. The predicted molar refractivity (Wildman–Crippen MR) is 269 cm³/mol. The van der Waals surface area contributed by atoms with Crippen molar-refractivity contribution in [2.24, 2.45) is 0 Å². The molecule has 0 rings (SSSR count). The van der Waals surface area contributed by atoms with Crippen LogP contribution in [0.2, 0.25) is 0 Å². The van der Waals surface area contributed by atoms with Crippen LogP contribution in [0.25, 0.3) is 0 Å². The van der Waals surface area contributed by atoms with Gasteiger partial charge in [-0.05, 0) is 89.9 Å². The van der Waals surface area contributed by atoms with Crippen molar-refractivity contribution in [1.82, 2.24) is 5.32 Å². The Bertz CT molecular complexity index is 1050. The van der Waals surface area contributed by atoms with Gasteiger partial charge in [0.1, 0.15) is 0 Å². The fraction of sp³-hybridized carbons (Fsp3) is 0.821. The van der Waals surface area contributed by atoms with Crippen LogP contribution in [0.15, 0.2) is 48.6 Å². The average Bonchev–Trinajstić information content (AvgIpc) is 3.27. The highest BCUT2D eigenvalue weighted by Gasteiger charge is 2.18. The van der Waals surface area contributed by atoms with E-state index in [1.807, 2.05) is 6.08 Å². The first kappa shape index (κ1) is 59.8. The second-order valence-corrected chi connectivity index (χ2v) is 18.2. The summed E-state index contributed by atoms with van der Waals surface area (Å²) in [6.45, 7) is 4.83. The summed E-state index contributed by atoms with van der Waals surface area (Å²) in [4.78, 5) is 24.5. The number of carbonyl (C=O) groups excluding carboxylic acids is 2. The molecule has 6 nitrogen and oxygen atoms in total. The summed E-state index contributed by atoms with van der Waals surface area (Å²) < 4.78 is 5.46. The van der Waals surface area contributed by atoms with Crippen LogP contribution in [0.3, 0.4) is 0 Å². The molecular weight excluding hydrogens is 767 g/mol. The summed E-state index contributed by atoms with van der Waals surface area (Å²) in [6.07, 6.45) is 64.0. The maximum absolute atomic E-state index is 12.4. The minimum atomic E-state index is -0.854. The van der Waals surface area contributed by atoms with Gasteiger partial charge in [0.05, 0.1) is 25.4 Å². The monoisotopic (exact) mass is 870 g/mol. The van der Waals surface area contributed by atoms with E-state index in [2.05, 4.69) is 55.6 Å². The van der Waals surface area contributed by atoms with Gasteiger partial charge in [0, 0.05) is 12.8 Å². The molecule has 62 heavy (non-hydrogen) atoms. The Kier molecular flexibility index (Phi) is 49.6. The quantitative estimate of drug-likeness (QED) is 0.0322. The number of rotatable bonds is 49. The van der Waals surface area contributed by atoms with Gasteiger partial charge in [-0.3, -0.25) is 9.59 Å². The van der Waals surface area contributed by atoms with Crippen molar-refractivity contribution in [3.8, 4) is 0 Å². The fourth-order valence-corrected chi connectivity index (χ4v) is 7.89. The molecule has 0 saturated heterocycles.